The molecule has 118 valence electrons. The largest absolute Gasteiger partial charge is 0.478 e. The lowest BCUT2D eigenvalue weighted by molar-refractivity contribution is 0.0696. The Morgan fingerprint density at radius 1 is 1.32 bits per heavy atom. The van der Waals surface area contributed by atoms with Gasteiger partial charge in [-0.3, -0.25) is 0 Å². The van der Waals surface area contributed by atoms with E-state index >= 15 is 0 Å². The number of aryl methyl sites for hydroxylation is 1. The predicted octanol–water partition coefficient (Wildman–Crippen LogP) is 2.58. The van der Waals surface area contributed by atoms with Crippen molar-refractivity contribution in [3.63, 3.8) is 0 Å². The van der Waals surface area contributed by atoms with E-state index in [0.29, 0.717) is 17.5 Å². The van der Waals surface area contributed by atoms with E-state index in [0.717, 1.165) is 4.88 Å². The van der Waals surface area contributed by atoms with Gasteiger partial charge in [0.15, 0.2) is 0 Å². The Bertz CT molecular complexity index is 780. The zero-order chi connectivity index (χ0) is 16.3. The van der Waals surface area contributed by atoms with E-state index in [1.165, 1.54) is 12.1 Å². The maximum atomic E-state index is 12.4. The van der Waals surface area contributed by atoms with Crippen LogP contribution in [0.25, 0.3) is 0 Å². The molecule has 1 aromatic heterocycles. The maximum absolute atomic E-state index is 12.4. The van der Waals surface area contributed by atoms with Crippen molar-refractivity contribution >= 4 is 27.3 Å². The maximum Gasteiger partial charge on any atom is 0.335 e. The van der Waals surface area contributed by atoms with E-state index in [9.17, 15) is 13.2 Å². The fourth-order valence-corrected chi connectivity index (χ4v) is 4.15. The van der Waals surface area contributed by atoms with Crippen LogP contribution in [0.1, 0.15) is 26.4 Å². The van der Waals surface area contributed by atoms with Crippen molar-refractivity contribution in [2.24, 2.45) is 0 Å². The van der Waals surface area contributed by atoms with Crippen LogP contribution in [-0.4, -0.2) is 26.0 Å². The number of hydrogen-bond donors (Lipinski definition) is 2. The summed E-state index contributed by atoms with van der Waals surface area (Å²) in [6.07, 6.45) is 0.605. The van der Waals surface area contributed by atoms with Gasteiger partial charge >= 0.3 is 5.97 Å². The molecule has 0 atom stereocenters. The summed E-state index contributed by atoms with van der Waals surface area (Å²) in [5.74, 6) is -1.14. The van der Waals surface area contributed by atoms with Crippen molar-refractivity contribution in [1.82, 2.24) is 4.72 Å². The summed E-state index contributed by atoms with van der Waals surface area (Å²) in [5.41, 5.74) is 1.17. The number of aromatic carboxylic acids is 1. The Labute approximate surface area is 133 Å². The number of rotatable bonds is 6. The number of carbonyl (C=O) groups is 1. The third-order valence-corrected chi connectivity index (χ3v) is 5.92. The second-order valence-corrected chi connectivity index (χ2v) is 7.72. The lowest BCUT2D eigenvalue weighted by Crippen LogP contribution is -2.27. The molecular weight excluding hydrogens is 322 g/mol. The lowest BCUT2D eigenvalue weighted by atomic mass is 10.1. The van der Waals surface area contributed by atoms with Gasteiger partial charge in [-0.2, -0.15) is 0 Å². The van der Waals surface area contributed by atoms with Gasteiger partial charge in [-0.15, -0.1) is 11.3 Å². The first-order valence-corrected chi connectivity index (χ1v) is 9.04. The fourth-order valence-electron chi connectivity index (χ4n) is 2.07. The third kappa shape index (κ3) is 3.73. The van der Waals surface area contributed by atoms with Gasteiger partial charge < -0.3 is 5.11 Å². The Hall–Kier alpha value is -1.70. The van der Waals surface area contributed by atoms with Crippen LogP contribution in [0.15, 0.2) is 34.5 Å². The Morgan fingerprint density at radius 3 is 2.64 bits per heavy atom. The minimum atomic E-state index is -3.73. The van der Waals surface area contributed by atoms with Gasteiger partial charge in [0, 0.05) is 11.4 Å². The summed E-state index contributed by atoms with van der Waals surface area (Å²) in [4.78, 5) is 12.2. The van der Waals surface area contributed by atoms with Crippen molar-refractivity contribution in [2.75, 3.05) is 6.54 Å². The molecule has 0 fully saturated rings. The molecule has 5 nitrogen and oxygen atoms in total. The first-order chi connectivity index (χ1) is 10.3. The summed E-state index contributed by atoms with van der Waals surface area (Å²) in [5, 5.41) is 11.0. The number of carboxylic acids is 1. The Morgan fingerprint density at radius 2 is 2.05 bits per heavy atom. The van der Waals surface area contributed by atoms with Gasteiger partial charge in [-0.1, -0.05) is 6.07 Å². The number of thiophene rings is 1. The molecule has 0 saturated carbocycles. The van der Waals surface area contributed by atoms with Crippen molar-refractivity contribution in [3.8, 4) is 0 Å². The number of carboxylic acid groups (broad SMARTS) is 1. The Kier molecular flexibility index (Phi) is 5.00. The molecule has 0 radical (unpaired) electrons. The normalized spacial score (nSPS) is 11.5. The van der Waals surface area contributed by atoms with Crippen LogP contribution in [0, 0.1) is 13.8 Å². The zero-order valence-corrected chi connectivity index (χ0v) is 13.9. The van der Waals surface area contributed by atoms with Crippen molar-refractivity contribution in [1.29, 1.82) is 0 Å². The molecule has 0 aliphatic rings. The minimum absolute atomic E-state index is 0.0241. The standard InChI is InChI=1S/C15H17NO4S2/c1-10-8-12(15(17)18)9-14(11(10)2)22(19,20)16-6-5-13-4-3-7-21-13/h3-4,7-9,16H,5-6H2,1-2H3,(H,17,18). The highest BCUT2D eigenvalue weighted by Gasteiger charge is 2.20. The lowest BCUT2D eigenvalue weighted by Gasteiger charge is -2.12. The Balaban J connectivity index is 2.23. The van der Waals surface area contributed by atoms with Gasteiger partial charge in [0.1, 0.15) is 0 Å². The number of hydrogen-bond acceptors (Lipinski definition) is 4. The van der Waals surface area contributed by atoms with Crippen LogP contribution in [0.3, 0.4) is 0 Å². The summed E-state index contributed by atoms with van der Waals surface area (Å²) >= 11 is 1.57. The molecule has 7 heteroatoms. The smallest absolute Gasteiger partial charge is 0.335 e. The minimum Gasteiger partial charge on any atom is -0.478 e. The molecule has 22 heavy (non-hydrogen) atoms. The van der Waals surface area contributed by atoms with E-state index < -0.39 is 16.0 Å². The van der Waals surface area contributed by atoms with Crippen LogP contribution in [0.4, 0.5) is 0 Å². The summed E-state index contributed by atoms with van der Waals surface area (Å²) < 4.78 is 27.3. The summed E-state index contributed by atoms with van der Waals surface area (Å²) in [6, 6.07) is 6.54. The molecule has 1 aromatic carbocycles. The first kappa shape index (κ1) is 16.7. The molecule has 2 N–H and O–H groups in total. The van der Waals surface area contributed by atoms with Gasteiger partial charge in [-0.25, -0.2) is 17.9 Å². The molecule has 0 spiro atoms. The molecular formula is C15H17NO4S2. The highest BCUT2D eigenvalue weighted by Crippen LogP contribution is 2.21. The molecule has 0 aliphatic carbocycles. The van der Waals surface area contributed by atoms with Gasteiger partial charge in [0.2, 0.25) is 10.0 Å². The molecule has 0 aliphatic heterocycles. The molecule has 0 amide bonds. The second-order valence-electron chi connectivity index (χ2n) is 4.95. The summed E-state index contributed by atoms with van der Waals surface area (Å²) in [6.45, 7) is 3.65. The van der Waals surface area contributed by atoms with Gasteiger partial charge in [0.05, 0.1) is 10.5 Å². The topological polar surface area (TPSA) is 83.5 Å². The number of nitrogens with one attached hydrogen (secondary N) is 1. The SMILES string of the molecule is Cc1cc(C(=O)O)cc(S(=O)(=O)NCCc2cccs2)c1C. The predicted molar refractivity (Wildman–Crippen MR) is 86.1 cm³/mol. The average Bonchev–Trinajstić information content (AvgIpc) is 2.94. The zero-order valence-electron chi connectivity index (χ0n) is 12.3. The fraction of sp³-hybridized carbons (Fsp3) is 0.267. The van der Waals surface area contributed by atoms with Crippen LogP contribution in [0.5, 0.6) is 0 Å². The first-order valence-electron chi connectivity index (χ1n) is 6.68. The van der Waals surface area contributed by atoms with Crippen molar-refractivity contribution in [3.05, 3.63) is 51.2 Å². The molecule has 0 unspecified atom stereocenters. The van der Waals surface area contributed by atoms with E-state index in [-0.39, 0.29) is 17.0 Å². The third-order valence-electron chi connectivity index (χ3n) is 3.40. The quantitative estimate of drug-likeness (QED) is 0.847. The highest BCUT2D eigenvalue weighted by atomic mass is 32.2. The van der Waals surface area contributed by atoms with Gasteiger partial charge in [0.25, 0.3) is 0 Å². The van der Waals surface area contributed by atoms with Gasteiger partial charge in [-0.05, 0) is 55.0 Å². The highest BCUT2D eigenvalue weighted by molar-refractivity contribution is 7.89. The molecule has 1 heterocycles. The second kappa shape index (κ2) is 6.60. The van der Waals surface area contributed by atoms with Crippen LogP contribution < -0.4 is 4.72 Å². The van der Waals surface area contributed by atoms with Crippen LogP contribution in [0.2, 0.25) is 0 Å². The van der Waals surface area contributed by atoms with Crippen LogP contribution in [-0.2, 0) is 16.4 Å². The van der Waals surface area contributed by atoms with Crippen molar-refractivity contribution < 1.29 is 18.3 Å². The van der Waals surface area contributed by atoms with Crippen molar-refractivity contribution in [2.45, 2.75) is 25.2 Å². The van der Waals surface area contributed by atoms with E-state index in [1.807, 2.05) is 17.5 Å². The van der Waals surface area contributed by atoms with E-state index in [1.54, 1.807) is 25.2 Å². The van der Waals surface area contributed by atoms with E-state index in [2.05, 4.69) is 4.72 Å². The summed E-state index contributed by atoms with van der Waals surface area (Å²) in [7, 11) is -3.73. The molecule has 2 aromatic rings. The molecule has 2 rings (SSSR count). The van der Waals surface area contributed by atoms with E-state index in [4.69, 9.17) is 5.11 Å². The number of benzene rings is 1. The monoisotopic (exact) mass is 339 g/mol. The molecule has 0 bridgehead atoms. The number of sulfonamides is 1. The van der Waals surface area contributed by atoms with Crippen LogP contribution >= 0.6 is 11.3 Å². The average molecular weight is 339 g/mol. The molecule has 0 saturated heterocycles.